The molecular weight excluding hydrogens is 472 g/mol. The SMILES string of the molecule is CC/C=C\c1ccc(C(=O)N2CCN(CCN(CCC)C3CCc4nc(N)sc4C3)CC2)c(O)c1N. The van der Waals surface area contributed by atoms with Gasteiger partial charge < -0.3 is 21.5 Å². The first kappa shape index (κ1) is 26.4. The zero-order valence-electron chi connectivity index (χ0n) is 21.6. The number of nitrogen functional groups attached to an aromatic ring is 2. The van der Waals surface area contributed by atoms with Crippen molar-refractivity contribution in [3.63, 3.8) is 0 Å². The number of allylic oxidation sites excluding steroid dienone is 1. The molecule has 8 nitrogen and oxygen atoms in total. The Kier molecular flexibility index (Phi) is 8.87. The van der Waals surface area contributed by atoms with Crippen LogP contribution in [0.1, 0.15) is 59.6 Å². The van der Waals surface area contributed by atoms with Crippen LogP contribution in [0.3, 0.4) is 0 Å². The molecule has 0 spiro atoms. The number of nitrogens with two attached hydrogens (primary N) is 2. The lowest BCUT2D eigenvalue weighted by molar-refractivity contribution is 0.0606. The van der Waals surface area contributed by atoms with Gasteiger partial charge in [-0.1, -0.05) is 32.1 Å². The standard InChI is InChI=1S/C27H40N6O2S/c1-3-5-6-19-7-9-21(25(34)24(19)28)26(35)33-16-13-31(14-17-33)12-15-32(11-4-2)20-8-10-22-23(18-20)36-27(29)30-22/h5-7,9,20,34H,3-4,8,10-18,28H2,1-2H3,(H2,29,30)/b6-5-. The van der Waals surface area contributed by atoms with E-state index in [-0.39, 0.29) is 22.9 Å². The van der Waals surface area contributed by atoms with Gasteiger partial charge in [0, 0.05) is 55.8 Å². The first-order valence-corrected chi connectivity index (χ1v) is 14.0. The molecule has 2 heterocycles. The minimum Gasteiger partial charge on any atom is -0.505 e. The molecule has 0 radical (unpaired) electrons. The van der Waals surface area contributed by atoms with Crippen molar-refractivity contribution >= 4 is 34.1 Å². The summed E-state index contributed by atoms with van der Waals surface area (Å²) in [5, 5.41) is 11.3. The molecular formula is C27H40N6O2S. The van der Waals surface area contributed by atoms with Gasteiger partial charge in [0.1, 0.15) is 0 Å². The van der Waals surface area contributed by atoms with Gasteiger partial charge in [-0.15, -0.1) is 11.3 Å². The smallest absolute Gasteiger partial charge is 0.257 e. The number of piperazine rings is 1. The van der Waals surface area contributed by atoms with Crippen LogP contribution in [0.5, 0.6) is 5.75 Å². The number of carbonyl (C=O) groups excluding carboxylic acids is 1. The van der Waals surface area contributed by atoms with E-state index < -0.39 is 0 Å². The van der Waals surface area contributed by atoms with E-state index in [2.05, 4.69) is 21.7 Å². The van der Waals surface area contributed by atoms with Crippen molar-refractivity contribution in [1.29, 1.82) is 0 Å². The molecule has 1 unspecified atom stereocenters. The van der Waals surface area contributed by atoms with E-state index in [1.807, 2.05) is 30.0 Å². The lowest BCUT2D eigenvalue weighted by Crippen LogP contribution is -2.51. The predicted octanol–water partition coefficient (Wildman–Crippen LogP) is 3.46. The number of nitrogens with zero attached hydrogens (tertiary/aromatic N) is 4. The van der Waals surface area contributed by atoms with Crippen molar-refractivity contribution in [2.75, 3.05) is 57.3 Å². The van der Waals surface area contributed by atoms with Gasteiger partial charge in [0.2, 0.25) is 0 Å². The Bertz CT molecular complexity index is 1080. The second-order valence-corrected chi connectivity index (χ2v) is 10.9. The maximum Gasteiger partial charge on any atom is 0.257 e. The van der Waals surface area contributed by atoms with Crippen molar-refractivity contribution in [2.24, 2.45) is 0 Å². The monoisotopic (exact) mass is 512 g/mol. The van der Waals surface area contributed by atoms with Crippen molar-refractivity contribution < 1.29 is 9.90 Å². The van der Waals surface area contributed by atoms with Crippen LogP contribution in [0.2, 0.25) is 0 Å². The summed E-state index contributed by atoms with van der Waals surface area (Å²) in [7, 11) is 0. The highest BCUT2D eigenvalue weighted by molar-refractivity contribution is 7.15. The molecule has 1 saturated heterocycles. The molecule has 2 aliphatic rings. The fraction of sp³-hybridized carbons (Fsp3) is 0.556. The summed E-state index contributed by atoms with van der Waals surface area (Å²) >= 11 is 1.65. The zero-order chi connectivity index (χ0) is 25.7. The molecule has 1 aromatic carbocycles. The third kappa shape index (κ3) is 6.02. The van der Waals surface area contributed by atoms with Crippen LogP contribution >= 0.6 is 11.3 Å². The molecule has 5 N–H and O–H groups in total. The van der Waals surface area contributed by atoms with E-state index in [0.29, 0.717) is 24.3 Å². The minimum absolute atomic E-state index is 0.116. The van der Waals surface area contributed by atoms with E-state index in [0.717, 1.165) is 70.4 Å². The van der Waals surface area contributed by atoms with Gasteiger partial charge in [0.25, 0.3) is 5.91 Å². The topological polar surface area (TPSA) is 112 Å². The number of aromatic hydroxyl groups is 1. The molecule has 0 saturated carbocycles. The number of amides is 1. The Morgan fingerprint density at radius 1 is 1.22 bits per heavy atom. The van der Waals surface area contributed by atoms with Crippen molar-refractivity contribution in [3.05, 3.63) is 39.9 Å². The second-order valence-electron chi connectivity index (χ2n) is 9.76. The maximum absolute atomic E-state index is 13.1. The first-order valence-electron chi connectivity index (χ1n) is 13.2. The molecule has 4 rings (SSSR count). The second kappa shape index (κ2) is 12.1. The molecule has 2 aromatic rings. The number of aromatic nitrogens is 1. The number of hydrogen-bond acceptors (Lipinski definition) is 8. The lowest BCUT2D eigenvalue weighted by Gasteiger charge is -2.38. The Balaban J connectivity index is 1.30. The van der Waals surface area contributed by atoms with Crippen molar-refractivity contribution in [3.8, 4) is 5.75 Å². The summed E-state index contributed by atoms with van der Waals surface area (Å²) in [6, 6.07) is 4.04. The number of hydrogen-bond donors (Lipinski definition) is 3. The van der Waals surface area contributed by atoms with Crippen LogP contribution < -0.4 is 11.5 Å². The molecule has 1 aromatic heterocycles. The number of benzene rings is 1. The number of phenols is 1. The molecule has 1 aliphatic carbocycles. The van der Waals surface area contributed by atoms with Gasteiger partial charge in [0.15, 0.2) is 10.9 Å². The normalized spacial score (nSPS) is 18.8. The highest BCUT2D eigenvalue weighted by atomic mass is 32.1. The minimum atomic E-state index is -0.153. The van der Waals surface area contributed by atoms with Gasteiger partial charge >= 0.3 is 0 Å². The molecule has 1 atom stereocenters. The average Bonchev–Trinajstić information content (AvgIpc) is 3.26. The van der Waals surface area contributed by atoms with Gasteiger partial charge in [-0.2, -0.15) is 0 Å². The number of phenolic OH excluding ortho intramolecular Hbond substituents is 1. The number of thiazole rings is 1. The van der Waals surface area contributed by atoms with E-state index >= 15 is 0 Å². The largest absolute Gasteiger partial charge is 0.505 e. The Morgan fingerprint density at radius 2 is 2.00 bits per heavy atom. The van der Waals surface area contributed by atoms with E-state index in [4.69, 9.17) is 11.5 Å². The number of aryl methyl sites for hydroxylation is 1. The van der Waals surface area contributed by atoms with Crippen LogP contribution in [0.15, 0.2) is 18.2 Å². The number of anilines is 2. The van der Waals surface area contributed by atoms with Gasteiger partial charge in [-0.3, -0.25) is 14.6 Å². The van der Waals surface area contributed by atoms with Crippen molar-refractivity contribution in [2.45, 2.75) is 52.0 Å². The summed E-state index contributed by atoms with van der Waals surface area (Å²) < 4.78 is 0. The fourth-order valence-electron chi connectivity index (χ4n) is 5.25. The fourth-order valence-corrected chi connectivity index (χ4v) is 6.20. The van der Waals surface area contributed by atoms with Crippen LogP contribution in [-0.2, 0) is 12.8 Å². The highest BCUT2D eigenvalue weighted by Crippen LogP contribution is 2.32. The van der Waals surface area contributed by atoms with E-state index in [1.54, 1.807) is 17.4 Å². The summed E-state index contributed by atoms with van der Waals surface area (Å²) in [5.74, 6) is -0.270. The summed E-state index contributed by atoms with van der Waals surface area (Å²) in [6.07, 6.45) is 9.07. The third-order valence-electron chi connectivity index (χ3n) is 7.33. The van der Waals surface area contributed by atoms with Crippen LogP contribution in [-0.4, -0.2) is 82.6 Å². The molecule has 0 bridgehead atoms. The van der Waals surface area contributed by atoms with Gasteiger partial charge in [0.05, 0.1) is 16.9 Å². The summed E-state index contributed by atoms with van der Waals surface area (Å²) in [6.45, 7) is 10.4. The molecule has 1 fully saturated rings. The summed E-state index contributed by atoms with van der Waals surface area (Å²) in [4.78, 5) is 25.9. The Morgan fingerprint density at radius 3 is 2.72 bits per heavy atom. The lowest BCUT2D eigenvalue weighted by atomic mass is 9.96. The van der Waals surface area contributed by atoms with Gasteiger partial charge in [-0.05, 0) is 44.7 Å². The van der Waals surface area contributed by atoms with Gasteiger partial charge in [-0.25, -0.2) is 4.98 Å². The maximum atomic E-state index is 13.1. The van der Waals surface area contributed by atoms with Crippen LogP contribution in [0.4, 0.5) is 10.8 Å². The quantitative estimate of drug-likeness (QED) is 0.348. The first-order chi connectivity index (χ1) is 17.4. The molecule has 196 valence electrons. The number of rotatable bonds is 9. The van der Waals surface area contributed by atoms with E-state index in [1.165, 1.54) is 10.6 Å². The summed E-state index contributed by atoms with van der Waals surface area (Å²) in [5.41, 5.74) is 14.5. The molecule has 1 aliphatic heterocycles. The van der Waals surface area contributed by atoms with Crippen LogP contribution in [0.25, 0.3) is 6.08 Å². The van der Waals surface area contributed by atoms with Crippen LogP contribution in [0, 0.1) is 0 Å². The number of fused-ring (bicyclic) bond motifs is 1. The highest BCUT2D eigenvalue weighted by Gasteiger charge is 2.28. The number of carbonyl (C=O) groups is 1. The molecule has 9 heteroatoms. The Labute approximate surface area is 218 Å². The molecule has 36 heavy (non-hydrogen) atoms. The van der Waals surface area contributed by atoms with E-state index in [9.17, 15) is 9.90 Å². The Hall–Kier alpha value is -2.62. The average molecular weight is 513 g/mol. The predicted molar refractivity (Wildman–Crippen MR) is 148 cm³/mol. The third-order valence-corrected chi connectivity index (χ3v) is 8.28. The zero-order valence-corrected chi connectivity index (χ0v) is 22.4. The molecule has 1 amide bonds. The van der Waals surface area contributed by atoms with Crippen molar-refractivity contribution in [1.82, 2.24) is 19.7 Å².